The number of carbonyl (C=O) groups is 1. The molecule has 1 aromatic carbocycles. The Morgan fingerprint density at radius 1 is 1.24 bits per heavy atom. The van der Waals surface area contributed by atoms with Crippen LogP contribution < -0.4 is 4.72 Å². The van der Waals surface area contributed by atoms with Gasteiger partial charge in [0.1, 0.15) is 6.26 Å². The summed E-state index contributed by atoms with van der Waals surface area (Å²) >= 11 is 0. The van der Waals surface area contributed by atoms with Crippen molar-refractivity contribution in [1.82, 2.24) is 5.16 Å². The van der Waals surface area contributed by atoms with Crippen LogP contribution in [-0.4, -0.2) is 24.7 Å². The van der Waals surface area contributed by atoms with Crippen LogP contribution in [0, 0.1) is 0 Å². The second-order valence-electron chi connectivity index (χ2n) is 4.90. The van der Waals surface area contributed by atoms with Crippen LogP contribution in [0.5, 0.6) is 0 Å². The number of carboxylic acids is 1. The second kappa shape index (κ2) is 4.59. The van der Waals surface area contributed by atoms with Crippen molar-refractivity contribution in [1.29, 1.82) is 0 Å². The molecule has 2 aromatic rings. The molecule has 7 nitrogen and oxygen atoms in total. The minimum Gasteiger partial charge on any atom is -0.481 e. The summed E-state index contributed by atoms with van der Waals surface area (Å²) < 4.78 is 31.0. The molecular weight excluding hydrogens is 296 g/mol. The summed E-state index contributed by atoms with van der Waals surface area (Å²) in [6.07, 6.45) is 2.40. The third-order valence-electron chi connectivity index (χ3n) is 3.55. The van der Waals surface area contributed by atoms with Crippen LogP contribution in [0.3, 0.4) is 0 Å². The Bertz CT molecular complexity index is 761. The molecule has 0 aliphatic heterocycles. The largest absolute Gasteiger partial charge is 0.481 e. The number of carboxylic acid groups (broad SMARTS) is 1. The first kappa shape index (κ1) is 13.6. The Hall–Kier alpha value is -2.35. The van der Waals surface area contributed by atoms with Crippen LogP contribution in [0.1, 0.15) is 18.4 Å². The highest BCUT2D eigenvalue weighted by molar-refractivity contribution is 7.92. The predicted molar refractivity (Wildman–Crippen MR) is 72.3 cm³/mol. The van der Waals surface area contributed by atoms with Gasteiger partial charge in [-0.25, -0.2) is 8.42 Å². The van der Waals surface area contributed by atoms with E-state index in [1.165, 1.54) is 24.5 Å². The summed E-state index contributed by atoms with van der Waals surface area (Å²) in [6.45, 7) is 0. The molecule has 2 N–H and O–H groups in total. The van der Waals surface area contributed by atoms with Gasteiger partial charge in [-0.05, 0) is 30.5 Å². The van der Waals surface area contributed by atoms with E-state index in [0.717, 1.165) is 0 Å². The average Bonchev–Trinajstić information content (AvgIpc) is 3.12. The van der Waals surface area contributed by atoms with E-state index >= 15 is 0 Å². The molecule has 8 heteroatoms. The number of aliphatic carboxylic acids is 1. The van der Waals surface area contributed by atoms with Crippen molar-refractivity contribution in [2.45, 2.75) is 23.2 Å². The summed E-state index contributed by atoms with van der Waals surface area (Å²) in [6, 6.07) is 7.24. The predicted octanol–water partition coefficient (Wildman–Crippen LogP) is 1.59. The van der Waals surface area contributed by atoms with Crippen molar-refractivity contribution in [3.05, 3.63) is 42.2 Å². The van der Waals surface area contributed by atoms with Gasteiger partial charge in [0.05, 0.1) is 10.3 Å². The maximum absolute atomic E-state index is 12.1. The zero-order valence-corrected chi connectivity index (χ0v) is 11.6. The van der Waals surface area contributed by atoms with Crippen molar-refractivity contribution in [2.24, 2.45) is 0 Å². The maximum atomic E-state index is 12.1. The number of benzene rings is 1. The Morgan fingerprint density at radius 3 is 2.38 bits per heavy atom. The topological polar surface area (TPSA) is 110 Å². The third kappa shape index (κ3) is 2.38. The molecule has 0 atom stereocenters. The first-order chi connectivity index (χ1) is 9.94. The van der Waals surface area contributed by atoms with Crippen LogP contribution in [0.25, 0.3) is 0 Å². The molecule has 0 radical (unpaired) electrons. The summed E-state index contributed by atoms with van der Waals surface area (Å²) in [4.78, 5) is 11.3. The lowest BCUT2D eigenvalue weighted by Gasteiger charge is -2.11. The van der Waals surface area contributed by atoms with Gasteiger partial charge in [0.2, 0.25) is 0 Å². The lowest BCUT2D eigenvalue weighted by atomic mass is 9.96. The Labute approximate surface area is 120 Å². The smallest absolute Gasteiger partial charge is 0.314 e. The molecule has 1 aliphatic carbocycles. The van der Waals surface area contributed by atoms with E-state index in [0.29, 0.717) is 18.4 Å². The van der Waals surface area contributed by atoms with Gasteiger partial charge in [-0.15, -0.1) is 0 Å². The van der Waals surface area contributed by atoms with E-state index in [-0.39, 0.29) is 10.7 Å². The highest BCUT2D eigenvalue weighted by Gasteiger charge is 2.51. The van der Waals surface area contributed by atoms with Crippen molar-refractivity contribution in [2.75, 3.05) is 4.72 Å². The van der Waals surface area contributed by atoms with Crippen molar-refractivity contribution < 1.29 is 22.8 Å². The van der Waals surface area contributed by atoms with Crippen molar-refractivity contribution in [3.63, 3.8) is 0 Å². The monoisotopic (exact) mass is 308 g/mol. The minimum absolute atomic E-state index is 0.0374. The van der Waals surface area contributed by atoms with E-state index in [9.17, 15) is 18.3 Å². The van der Waals surface area contributed by atoms with Gasteiger partial charge < -0.3 is 9.63 Å². The first-order valence-corrected chi connectivity index (χ1v) is 7.69. The lowest BCUT2D eigenvalue weighted by Crippen LogP contribution is -2.19. The number of nitrogens with zero attached hydrogens (tertiary/aromatic N) is 1. The fourth-order valence-corrected chi connectivity index (χ4v) is 3.16. The first-order valence-electron chi connectivity index (χ1n) is 6.21. The van der Waals surface area contributed by atoms with E-state index in [2.05, 4.69) is 14.4 Å². The molecule has 0 saturated heterocycles. The molecule has 110 valence electrons. The summed E-state index contributed by atoms with van der Waals surface area (Å²) in [5.74, 6) is -0.790. The number of aromatic nitrogens is 1. The molecule has 1 saturated carbocycles. The highest BCUT2D eigenvalue weighted by Crippen LogP contribution is 2.48. The van der Waals surface area contributed by atoms with Gasteiger partial charge >= 0.3 is 5.97 Å². The van der Waals surface area contributed by atoms with E-state index in [1.807, 2.05) is 0 Å². The van der Waals surface area contributed by atoms with E-state index in [1.54, 1.807) is 12.1 Å². The van der Waals surface area contributed by atoms with Gasteiger partial charge in [0.15, 0.2) is 5.82 Å². The van der Waals surface area contributed by atoms with Crippen LogP contribution in [-0.2, 0) is 20.2 Å². The Morgan fingerprint density at radius 2 is 1.90 bits per heavy atom. The standard InChI is InChI=1S/C13H12N2O5S/c16-12(17)13(6-7-13)9-1-3-10(4-2-9)21(18,19)15-11-5-8-20-14-11/h1-5,8H,6-7H2,(H,14,15)(H,16,17). The molecule has 3 rings (SSSR count). The Kier molecular flexibility index (Phi) is 2.98. The van der Waals surface area contributed by atoms with Crippen molar-refractivity contribution >= 4 is 21.8 Å². The molecule has 1 heterocycles. The van der Waals surface area contributed by atoms with Crippen LogP contribution in [0.2, 0.25) is 0 Å². The lowest BCUT2D eigenvalue weighted by molar-refractivity contribution is -0.140. The number of hydrogen-bond acceptors (Lipinski definition) is 5. The molecule has 1 aliphatic rings. The zero-order valence-electron chi connectivity index (χ0n) is 10.8. The maximum Gasteiger partial charge on any atom is 0.314 e. The Balaban J connectivity index is 1.86. The van der Waals surface area contributed by atoms with Crippen LogP contribution >= 0.6 is 0 Å². The number of rotatable bonds is 5. The van der Waals surface area contributed by atoms with Gasteiger partial charge in [-0.2, -0.15) is 0 Å². The summed E-state index contributed by atoms with van der Waals surface area (Å²) in [5.41, 5.74) is -0.225. The van der Waals surface area contributed by atoms with Crippen LogP contribution in [0.15, 0.2) is 46.0 Å². The zero-order chi connectivity index (χ0) is 15.1. The normalized spacial score (nSPS) is 16.4. The highest BCUT2D eigenvalue weighted by atomic mass is 32.2. The van der Waals surface area contributed by atoms with Gasteiger partial charge in [0, 0.05) is 6.07 Å². The van der Waals surface area contributed by atoms with E-state index < -0.39 is 21.4 Å². The van der Waals surface area contributed by atoms with Crippen molar-refractivity contribution in [3.8, 4) is 0 Å². The minimum atomic E-state index is -3.77. The van der Waals surface area contributed by atoms with Gasteiger partial charge in [-0.1, -0.05) is 17.3 Å². The van der Waals surface area contributed by atoms with Crippen LogP contribution in [0.4, 0.5) is 5.82 Å². The summed E-state index contributed by atoms with van der Waals surface area (Å²) in [5, 5.41) is 12.7. The number of anilines is 1. The second-order valence-corrected chi connectivity index (χ2v) is 6.58. The number of hydrogen-bond donors (Lipinski definition) is 2. The SMILES string of the molecule is O=C(O)C1(c2ccc(S(=O)(=O)Nc3ccon3)cc2)CC1. The third-order valence-corrected chi connectivity index (χ3v) is 4.92. The summed E-state index contributed by atoms with van der Waals surface area (Å²) in [7, 11) is -3.77. The molecule has 1 aromatic heterocycles. The molecule has 0 amide bonds. The van der Waals surface area contributed by atoms with Gasteiger partial charge in [0.25, 0.3) is 10.0 Å². The molecular formula is C13H12N2O5S. The number of nitrogens with one attached hydrogen (secondary N) is 1. The molecule has 0 spiro atoms. The molecule has 0 bridgehead atoms. The fraction of sp³-hybridized carbons (Fsp3) is 0.231. The molecule has 1 fully saturated rings. The quantitative estimate of drug-likeness (QED) is 0.868. The van der Waals surface area contributed by atoms with Gasteiger partial charge in [-0.3, -0.25) is 9.52 Å². The number of sulfonamides is 1. The fourth-order valence-electron chi connectivity index (χ4n) is 2.17. The molecule has 21 heavy (non-hydrogen) atoms. The average molecular weight is 308 g/mol. The van der Waals surface area contributed by atoms with E-state index in [4.69, 9.17) is 0 Å². The molecule has 0 unspecified atom stereocenters.